The van der Waals surface area contributed by atoms with Crippen LogP contribution >= 0.6 is 23.1 Å². The van der Waals surface area contributed by atoms with Crippen LogP contribution in [0, 0.1) is 13.8 Å². The van der Waals surface area contributed by atoms with E-state index in [4.69, 9.17) is 0 Å². The number of rotatable bonds is 4. The van der Waals surface area contributed by atoms with Crippen LogP contribution in [0.25, 0.3) is 10.2 Å². The molecule has 5 nitrogen and oxygen atoms in total. The van der Waals surface area contributed by atoms with E-state index in [-0.39, 0.29) is 22.3 Å². The maximum atomic E-state index is 12.8. The lowest BCUT2D eigenvalue weighted by atomic mass is 10.1. The lowest BCUT2D eigenvalue weighted by Crippen LogP contribution is -2.44. The van der Waals surface area contributed by atoms with Gasteiger partial charge in [-0.25, -0.2) is 4.98 Å². The van der Waals surface area contributed by atoms with Crippen molar-refractivity contribution in [1.82, 2.24) is 14.9 Å². The first-order valence-electron chi connectivity index (χ1n) is 8.04. The smallest absolute Gasteiger partial charge is 0.263 e. The van der Waals surface area contributed by atoms with Crippen LogP contribution < -0.4 is 10.9 Å². The Morgan fingerprint density at radius 2 is 2.00 bits per heavy atom. The summed E-state index contributed by atoms with van der Waals surface area (Å²) in [5.74, 6) is -0.0527. The molecule has 2 aromatic rings. The average molecular weight is 368 g/mol. The number of thioether (sulfide) groups is 1. The van der Waals surface area contributed by atoms with Gasteiger partial charge in [-0.2, -0.15) is 0 Å². The van der Waals surface area contributed by atoms with E-state index in [1.54, 1.807) is 4.57 Å². The fourth-order valence-corrected chi connectivity index (χ4v) is 4.40. The molecular weight excluding hydrogens is 342 g/mol. The molecule has 1 N–H and O–H groups in total. The van der Waals surface area contributed by atoms with Gasteiger partial charge in [-0.3, -0.25) is 14.2 Å². The Kier molecular flexibility index (Phi) is 5.44. The van der Waals surface area contributed by atoms with Gasteiger partial charge >= 0.3 is 0 Å². The number of hydrogen-bond acceptors (Lipinski definition) is 5. The number of aryl methyl sites for hydroxylation is 2. The molecule has 24 heavy (non-hydrogen) atoms. The van der Waals surface area contributed by atoms with Crippen molar-refractivity contribution in [2.75, 3.05) is 0 Å². The van der Waals surface area contributed by atoms with Crippen molar-refractivity contribution in [2.45, 2.75) is 71.0 Å². The Morgan fingerprint density at radius 1 is 1.38 bits per heavy atom. The normalized spacial score (nSPS) is 13.3. The highest BCUT2D eigenvalue weighted by molar-refractivity contribution is 8.00. The van der Waals surface area contributed by atoms with Crippen molar-refractivity contribution in [1.29, 1.82) is 0 Å². The number of nitrogens with zero attached hydrogens (tertiary/aromatic N) is 2. The fourth-order valence-electron chi connectivity index (χ4n) is 2.36. The van der Waals surface area contributed by atoms with E-state index in [0.717, 1.165) is 15.3 Å². The number of thiophene rings is 1. The van der Waals surface area contributed by atoms with E-state index >= 15 is 0 Å². The lowest BCUT2D eigenvalue weighted by Gasteiger charge is -2.23. The molecule has 2 rings (SSSR count). The SMILES string of the molecule is CCn1c(S[C@H](C)C(=O)NC(C)(C)C)nc2sc(C)c(C)c2c1=O. The molecular formula is C17H25N3O2S2. The Morgan fingerprint density at radius 3 is 2.54 bits per heavy atom. The molecule has 2 heterocycles. The van der Waals surface area contributed by atoms with Crippen LogP contribution in [0.2, 0.25) is 0 Å². The first kappa shape index (κ1) is 19.0. The van der Waals surface area contributed by atoms with Crippen LogP contribution in [0.1, 0.15) is 45.1 Å². The molecule has 0 bridgehead atoms. The van der Waals surface area contributed by atoms with Gasteiger partial charge in [0.15, 0.2) is 5.16 Å². The summed E-state index contributed by atoms with van der Waals surface area (Å²) in [5, 5.41) is 3.95. The van der Waals surface area contributed by atoms with Gasteiger partial charge in [-0.1, -0.05) is 11.8 Å². The highest BCUT2D eigenvalue weighted by atomic mass is 32.2. The first-order chi connectivity index (χ1) is 11.0. The summed E-state index contributed by atoms with van der Waals surface area (Å²) >= 11 is 2.87. The molecule has 1 atom stereocenters. The third-order valence-corrected chi connectivity index (χ3v) is 5.91. The van der Waals surface area contributed by atoms with Gasteiger partial charge < -0.3 is 5.32 Å². The van der Waals surface area contributed by atoms with Crippen LogP contribution in [0.15, 0.2) is 9.95 Å². The Hall–Kier alpha value is -1.34. The molecule has 0 unspecified atom stereocenters. The average Bonchev–Trinajstić information content (AvgIpc) is 2.72. The van der Waals surface area contributed by atoms with Gasteiger partial charge in [-0.05, 0) is 54.0 Å². The maximum absolute atomic E-state index is 12.8. The van der Waals surface area contributed by atoms with Crippen LogP contribution in [0.4, 0.5) is 0 Å². The maximum Gasteiger partial charge on any atom is 0.263 e. The third kappa shape index (κ3) is 3.83. The fraction of sp³-hybridized carbons (Fsp3) is 0.588. The quantitative estimate of drug-likeness (QED) is 0.664. The number of amides is 1. The van der Waals surface area contributed by atoms with E-state index in [1.807, 2.05) is 48.5 Å². The molecule has 2 aromatic heterocycles. The Labute approximate surface area is 150 Å². The zero-order chi connectivity index (χ0) is 18.2. The molecule has 0 aliphatic carbocycles. The van der Waals surface area contributed by atoms with Gasteiger partial charge in [0.1, 0.15) is 4.83 Å². The monoisotopic (exact) mass is 367 g/mol. The van der Waals surface area contributed by atoms with Crippen molar-refractivity contribution in [3.05, 3.63) is 20.8 Å². The molecule has 0 spiro atoms. The number of carbonyl (C=O) groups excluding carboxylic acids is 1. The van der Waals surface area contributed by atoms with Crippen molar-refractivity contribution >= 4 is 39.2 Å². The highest BCUT2D eigenvalue weighted by Gasteiger charge is 2.23. The molecule has 0 saturated carbocycles. The number of hydrogen-bond donors (Lipinski definition) is 1. The van der Waals surface area contributed by atoms with Gasteiger partial charge in [-0.15, -0.1) is 11.3 Å². The van der Waals surface area contributed by atoms with Gasteiger partial charge in [0.2, 0.25) is 5.91 Å². The Bertz CT molecular complexity index is 831. The molecule has 1 amide bonds. The standard InChI is InChI=1S/C17H25N3O2S2/c1-8-20-15(22)12-9(2)10(3)23-14(12)18-16(20)24-11(4)13(21)19-17(5,6)7/h11H,8H2,1-7H3,(H,19,21)/t11-/m1/s1. The summed E-state index contributed by atoms with van der Waals surface area (Å²) in [6, 6.07) is 0. The number of fused-ring (bicyclic) bond motifs is 1. The summed E-state index contributed by atoms with van der Waals surface area (Å²) in [5.41, 5.74) is 0.704. The molecule has 0 saturated heterocycles. The second-order valence-corrected chi connectivity index (χ2v) is 9.42. The van der Waals surface area contributed by atoms with E-state index in [9.17, 15) is 9.59 Å². The zero-order valence-electron chi connectivity index (χ0n) is 15.3. The van der Waals surface area contributed by atoms with Crippen molar-refractivity contribution in [3.63, 3.8) is 0 Å². The van der Waals surface area contributed by atoms with Crippen LogP contribution in [0.3, 0.4) is 0 Å². The lowest BCUT2D eigenvalue weighted by molar-refractivity contribution is -0.121. The second-order valence-electron chi connectivity index (χ2n) is 6.91. The van der Waals surface area contributed by atoms with Crippen molar-refractivity contribution < 1.29 is 4.79 Å². The molecule has 7 heteroatoms. The van der Waals surface area contributed by atoms with Crippen LogP contribution in [-0.2, 0) is 11.3 Å². The third-order valence-electron chi connectivity index (χ3n) is 3.72. The first-order valence-corrected chi connectivity index (χ1v) is 9.74. The summed E-state index contributed by atoms with van der Waals surface area (Å²) in [6.07, 6.45) is 0. The number of nitrogens with one attached hydrogen (secondary N) is 1. The van der Waals surface area contributed by atoms with Gasteiger partial charge in [0, 0.05) is 17.0 Å². The Balaban J connectivity index is 2.42. The van der Waals surface area contributed by atoms with Crippen LogP contribution in [0.5, 0.6) is 0 Å². The zero-order valence-corrected chi connectivity index (χ0v) is 16.9. The highest BCUT2D eigenvalue weighted by Crippen LogP contribution is 2.29. The predicted molar refractivity (Wildman–Crippen MR) is 102 cm³/mol. The topological polar surface area (TPSA) is 64.0 Å². The molecule has 0 fully saturated rings. The number of carbonyl (C=O) groups is 1. The minimum Gasteiger partial charge on any atom is -0.351 e. The molecule has 0 aliphatic rings. The van der Waals surface area contributed by atoms with E-state index in [2.05, 4.69) is 10.3 Å². The summed E-state index contributed by atoms with van der Waals surface area (Å²) in [7, 11) is 0. The van der Waals surface area contributed by atoms with E-state index < -0.39 is 0 Å². The summed E-state index contributed by atoms with van der Waals surface area (Å²) in [6.45, 7) is 14.1. The van der Waals surface area contributed by atoms with Gasteiger partial charge in [0.05, 0.1) is 10.6 Å². The molecule has 0 radical (unpaired) electrons. The summed E-state index contributed by atoms with van der Waals surface area (Å²) in [4.78, 5) is 31.7. The number of aromatic nitrogens is 2. The van der Waals surface area contributed by atoms with Crippen molar-refractivity contribution in [2.24, 2.45) is 0 Å². The van der Waals surface area contributed by atoms with Crippen LogP contribution in [-0.4, -0.2) is 26.2 Å². The minimum absolute atomic E-state index is 0.0183. The molecule has 132 valence electrons. The largest absolute Gasteiger partial charge is 0.351 e. The van der Waals surface area contributed by atoms with E-state index in [0.29, 0.717) is 17.1 Å². The van der Waals surface area contributed by atoms with E-state index in [1.165, 1.54) is 23.1 Å². The minimum atomic E-state index is -0.325. The molecule has 0 aliphatic heterocycles. The second kappa shape index (κ2) is 6.88. The summed E-state index contributed by atoms with van der Waals surface area (Å²) < 4.78 is 1.66. The van der Waals surface area contributed by atoms with Gasteiger partial charge in [0.25, 0.3) is 5.56 Å². The predicted octanol–water partition coefficient (Wildman–Crippen LogP) is 3.49. The molecule has 0 aromatic carbocycles. The van der Waals surface area contributed by atoms with Crippen molar-refractivity contribution in [3.8, 4) is 0 Å².